The van der Waals surface area contributed by atoms with E-state index in [1.165, 1.54) is 13.0 Å². The van der Waals surface area contributed by atoms with Gasteiger partial charge in [0.25, 0.3) is 6.43 Å². The summed E-state index contributed by atoms with van der Waals surface area (Å²) in [5.41, 5.74) is 0.404. The van der Waals surface area contributed by atoms with Gasteiger partial charge >= 0.3 is 5.97 Å². The molecule has 0 aliphatic heterocycles. The first-order chi connectivity index (χ1) is 7.45. The number of rotatable bonds is 3. The molecule has 1 rings (SSSR count). The smallest absolute Gasteiger partial charge is 0.307 e. The number of carboxylic acid groups (broad SMARTS) is 1. The van der Waals surface area contributed by atoms with Crippen LogP contribution in [0.1, 0.15) is 28.7 Å². The van der Waals surface area contributed by atoms with Crippen LogP contribution in [0, 0.1) is 18.3 Å². The summed E-state index contributed by atoms with van der Waals surface area (Å²) in [7, 11) is 0. The van der Waals surface area contributed by atoms with E-state index in [0.29, 0.717) is 5.56 Å². The lowest BCUT2D eigenvalue weighted by atomic mass is 9.97. The highest BCUT2D eigenvalue weighted by Crippen LogP contribution is 2.24. The Morgan fingerprint density at radius 1 is 1.56 bits per heavy atom. The third kappa shape index (κ3) is 2.54. The SMILES string of the molecule is Cc1cc(C(F)F)cc(CC(=O)O)c1C#N. The van der Waals surface area contributed by atoms with Gasteiger partial charge in [-0.1, -0.05) is 0 Å². The molecule has 84 valence electrons. The quantitative estimate of drug-likeness (QED) is 0.859. The van der Waals surface area contributed by atoms with Crippen LogP contribution >= 0.6 is 0 Å². The summed E-state index contributed by atoms with van der Waals surface area (Å²) in [5.74, 6) is -1.15. The zero-order chi connectivity index (χ0) is 12.3. The molecule has 1 aromatic carbocycles. The van der Waals surface area contributed by atoms with Gasteiger partial charge in [-0.25, -0.2) is 8.78 Å². The largest absolute Gasteiger partial charge is 0.481 e. The minimum atomic E-state index is -2.67. The zero-order valence-electron chi connectivity index (χ0n) is 8.50. The maximum absolute atomic E-state index is 12.5. The van der Waals surface area contributed by atoms with Gasteiger partial charge in [0.2, 0.25) is 0 Å². The van der Waals surface area contributed by atoms with E-state index in [-0.39, 0.29) is 16.7 Å². The minimum absolute atomic E-state index is 0.130. The fourth-order valence-corrected chi connectivity index (χ4v) is 1.48. The molecule has 1 N–H and O–H groups in total. The molecule has 3 nitrogen and oxygen atoms in total. The second-order valence-electron chi connectivity index (χ2n) is 3.35. The molecule has 0 unspecified atom stereocenters. The molecule has 1 aromatic rings. The molecule has 0 bridgehead atoms. The molecule has 0 spiro atoms. The summed E-state index contributed by atoms with van der Waals surface area (Å²) in [4.78, 5) is 10.5. The third-order valence-corrected chi connectivity index (χ3v) is 2.14. The number of aryl methyl sites for hydroxylation is 1. The summed E-state index contributed by atoms with van der Waals surface area (Å²) in [5, 5.41) is 17.4. The highest BCUT2D eigenvalue weighted by Gasteiger charge is 2.15. The number of hydrogen-bond acceptors (Lipinski definition) is 2. The number of nitrogens with zero attached hydrogens (tertiary/aromatic N) is 1. The molecule has 0 aromatic heterocycles. The predicted octanol–water partition coefficient (Wildman–Crippen LogP) is 2.43. The Balaban J connectivity index is 3.32. The fourth-order valence-electron chi connectivity index (χ4n) is 1.48. The molecule has 0 saturated carbocycles. The number of halogens is 2. The van der Waals surface area contributed by atoms with Crippen LogP contribution in [0.2, 0.25) is 0 Å². The molecule has 0 atom stereocenters. The molecule has 0 fully saturated rings. The van der Waals surface area contributed by atoms with Gasteiger partial charge in [-0.3, -0.25) is 4.79 Å². The predicted molar refractivity (Wildman–Crippen MR) is 52.2 cm³/mol. The van der Waals surface area contributed by atoms with Crippen LogP contribution in [-0.2, 0) is 11.2 Å². The van der Waals surface area contributed by atoms with Gasteiger partial charge in [-0.15, -0.1) is 0 Å². The third-order valence-electron chi connectivity index (χ3n) is 2.14. The second kappa shape index (κ2) is 4.71. The number of alkyl halides is 2. The topological polar surface area (TPSA) is 61.1 Å². The number of benzene rings is 1. The molecular weight excluding hydrogens is 216 g/mol. The van der Waals surface area contributed by atoms with Gasteiger partial charge < -0.3 is 5.11 Å². The first kappa shape index (κ1) is 12.1. The molecule has 0 heterocycles. The maximum Gasteiger partial charge on any atom is 0.307 e. The van der Waals surface area contributed by atoms with Crippen LogP contribution in [-0.4, -0.2) is 11.1 Å². The first-order valence-electron chi connectivity index (χ1n) is 4.49. The molecule has 16 heavy (non-hydrogen) atoms. The van der Waals surface area contributed by atoms with Crippen molar-refractivity contribution in [2.24, 2.45) is 0 Å². The van der Waals surface area contributed by atoms with Crippen LogP contribution in [0.3, 0.4) is 0 Å². The van der Waals surface area contributed by atoms with Gasteiger partial charge in [0.15, 0.2) is 0 Å². The van der Waals surface area contributed by atoms with Crippen molar-refractivity contribution in [2.75, 3.05) is 0 Å². The van der Waals surface area contributed by atoms with Crippen molar-refractivity contribution < 1.29 is 18.7 Å². The lowest BCUT2D eigenvalue weighted by molar-refractivity contribution is -0.136. The van der Waals surface area contributed by atoms with Crippen LogP contribution in [0.25, 0.3) is 0 Å². The van der Waals surface area contributed by atoms with Crippen LogP contribution in [0.5, 0.6) is 0 Å². The summed E-state index contributed by atoms with van der Waals surface area (Å²) in [6.07, 6.45) is -3.09. The molecular formula is C11H9F2NO2. The van der Waals surface area contributed by atoms with E-state index in [1.54, 1.807) is 0 Å². The van der Waals surface area contributed by atoms with E-state index in [1.807, 2.05) is 6.07 Å². The van der Waals surface area contributed by atoms with Gasteiger partial charge in [-0.2, -0.15) is 5.26 Å². The van der Waals surface area contributed by atoms with E-state index in [0.717, 1.165) is 6.07 Å². The second-order valence-corrected chi connectivity index (χ2v) is 3.35. The Morgan fingerprint density at radius 2 is 2.19 bits per heavy atom. The Labute approximate surface area is 90.9 Å². The van der Waals surface area contributed by atoms with Crippen molar-refractivity contribution >= 4 is 5.97 Å². The zero-order valence-corrected chi connectivity index (χ0v) is 8.50. The summed E-state index contributed by atoms with van der Waals surface area (Å²) >= 11 is 0. The number of nitriles is 1. The number of aliphatic carboxylic acids is 1. The number of carboxylic acids is 1. The average Bonchev–Trinajstić information content (AvgIpc) is 2.16. The van der Waals surface area contributed by atoms with Crippen LogP contribution in [0.15, 0.2) is 12.1 Å². The van der Waals surface area contributed by atoms with Crippen molar-refractivity contribution in [3.05, 3.63) is 34.4 Å². The normalized spacial score (nSPS) is 10.2. The Bertz CT molecular complexity index is 464. The first-order valence-corrected chi connectivity index (χ1v) is 4.49. The van der Waals surface area contributed by atoms with E-state index in [9.17, 15) is 13.6 Å². The Hall–Kier alpha value is -1.96. The Kier molecular flexibility index (Phi) is 3.56. The lowest BCUT2D eigenvalue weighted by Crippen LogP contribution is -2.05. The number of carbonyl (C=O) groups is 1. The van der Waals surface area contributed by atoms with Crippen molar-refractivity contribution in [3.63, 3.8) is 0 Å². The standard InChI is InChI=1S/C11H9F2NO2/c1-6-2-8(11(12)13)3-7(4-10(15)16)9(6)5-14/h2-3,11H,4H2,1H3,(H,15,16). The molecule has 0 amide bonds. The monoisotopic (exact) mass is 225 g/mol. The van der Waals surface area contributed by atoms with Crippen molar-refractivity contribution in [1.29, 1.82) is 5.26 Å². The van der Waals surface area contributed by atoms with Gasteiger partial charge in [0.05, 0.1) is 18.1 Å². The fraction of sp³-hybridized carbons (Fsp3) is 0.273. The lowest BCUT2D eigenvalue weighted by Gasteiger charge is -2.08. The van der Waals surface area contributed by atoms with E-state index in [2.05, 4.69) is 0 Å². The number of hydrogen-bond donors (Lipinski definition) is 1. The van der Waals surface area contributed by atoms with Crippen molar-refractivity contribution in [1.82, 2.24) is 0 Å². The van der Waals surface area contributed by atoms with E-state index in [4.69, 9.17) is 10.4 Å². The minimum Gasteiger partial charge on any atom is -0.481 e. The summed E-state index contributed by atoms with van der Waals surface area (Å²) in [6, 6.07) is 4.10. The van der Waals surface area contributed by atoms with E-state index >= 15 is 0 Å². The molecule has 0 aliphatic carbocycles. The molecule has 5 heteroatoms. The maximum atomic E-state index is 12.5. The molecule has 0 saturated heterocycles. The molecule has 0 radical (unpaired) electrons. The highest BCUT2D eigenvalue weighted by molar-refractivity contribution is 5.72. The van der Waals surface area contributed by atoms with Gasteiger partial charge in [-0.05, 0) is 30.2 Å². The summed E-state index contributed by atoms with van der Waals surface area (Å²) in [6.45, 7) is 1.51. The van der Waals surface area contributed by atoms with Crippen LogP contribution < -0.4 is 0 Å². The van der Waals surface area contributed by atoms with Crippen LogP contribution in [0.4, 0.5) is 8.78 Å². The highest BCUT2D eigenvalue weighted by atomic mass is 19.3. The van der Waals surface area contributed by atoms with Crippen molar-refractivity contribution in [3.8, 4) is 6.07 Å². The summed E-state index contributed by atoms with van der Waals surface area (Å²) < 4.78 is 24.9. The van der Waals surface area contributed by atoms with Gasteiger partial charge in [0, 0.05) is 5.56 Å². The Morgan fingerprint density at radius 3 is 2.62 bits per heavy atom. The van der Waals surface area contributed by atoms with Crippen molar-refractivity contribution in [2.45, 2.75) is 19.8 Å². The van der Waals surface area contributed by atoms with E-state index < -0.39 is 18.8 Å². The van der Waals surface area contributed by atoms with Gasteiger partial charge in [0.1, 0.15) is 0 Å². The molecule has 0 aliphatic rings. The average molecular weight is 225 g/mol.